The molecule has 3 nitrogen and oxygen atoms in total. The van der Waals surface area contributed by atoms with Gasteiger partial charge < -0.3 is 10.2 Å². The highest BCUT2D eigenvalue weighted by Gasteiger charge is 2.09. The molecule has 0 atom stereocenters. The van der Waals surface area contributed by atoms with Gasteiger partial charge in [0.15, 0.2) is 0 Å². The molecule has 3 heteroatoms. The second-order valence-electron chi connectivity index (χ2n) is 5.71. The van der Waals surface area contributed by atoms with Gasteiger partial charge in [0.25, 0.3) is 0 Å². The summed E-state index contributed by atoms with van der Waals surface area (Å²) in [4.78, 5) is 14.4. The zero-order valence-electron chi connectivity index (χ0n) is 12.5. The summed E-state index contributed by atoms with van der Waals surface area (Å²) < 4.78 is 0. The second-order valence-corrected chi connectivity index (χ2v) is 5.71. The molecular weight excluding hydrogens is 248 g/mol. The highest BCUT2D eigenvalue weighted by Crippen LogP contribution is 2.09. The number of aryl methyl sites for hydroxylation is 1. The Labute approximate surface area is 122 Å². The molecule has 0 unspecified atom stereocenters. The van der Waals surface area contributed by atoms with E-state index in [4.69, 9.17) is 0 Å². The molecule has 1 heterocycles. The normalized spacial score (nSPS) is 16.1. The molecule has 0 spiro atoms. The monoisotopic (exact) mass is 274 g/mol. The Morgan fingerprint density at radius 1 is 1.20 bits per heavy atom. The van der Waals surface area contributed by atoms with Crippen molar-refractivity contribution in [3.05, 3.63) is 35.4 Å². The minimum Gasteiger partial charge on any atom is -0.356 e. The lowest BCUT2D eigenvalue weighted by Gasteiger charge is -2.26. The van der Waals surface area contributed by atoms with Gasteiger partial charge >= 0.3 is 0 Å². The molecular formula is C17H26N2O. The van der Waals surface area contributed by atoms with Crippen LogP contribution in [-0.4, -0.2) is 37.0 Å². The average molecular weight is 274 g/mol. The van der Waals surface area contributed by atoms with Crippen LogP contribution in [0, 0.1) is 6.92 Å². The van der Waals surface area contributed by atoms with Crippen LogP contribution in [0.3, 0.4) is 0 Å². The number of hydrogen-bond donors (Lipinski definition) is 1. The SMILES string of the molecule is Cc1ccccc1CC(=O)NCCCN1CCCCC1. The van der Waals surface area contributed by atoms with E-state index in [0.717, 1.165) is 25.1 Å². The summed E-state index contributed by atoms with van der Waals surface area (Å²) >= 11 is 0. The minimum absolute atomic E-state index is 0.137. The first-order chi connectivity index (χ1) is 9.75. The molecule has 1 saturated heterocycles. The fourth-order valence-corrected chi connectivity index (χ4v) is 2.76. The van der Waals surface area contributed by atoms with Crippen LogP contribution in [0.15, 0.2) is 24.3 Å². The predicted octanol–water partition coefficient (Wildman–Crippen LogP) is 2.53. The quantitative estimate of drug-likeness (QED) is 0.809. The van der Waals surface area contributed by atoms with Gasteiger partial charge in [-0.3, -0.25) is 4.79 Å². The van der Waals surface area contributed by atoms with Gasteiger partial charge in [-0.1, -0.05) is 30.7 Å². The highest BCUT2D eigenvalue weighted by atomic mass is 16.1. The molecule has 0 saturated carbocycles. The van der Waals surface area contributed by atoms with Crippen molar-refractivity contribution in [2.45, 2.75) is 39.0 Å². The Morgan fingerprint density at radius 2 is 1.95 bits per heavy atom. The van der Waals surface area contributed by atoms with Gasteiger partial charge in [0.1, 0.15) is 0 Å². The number of carbonyl (C=O) groups excluding carboxylic acids is 1. The fraction of sp³-hybridized carbons (Fsp3) is 0.588. The number of rotatable bonds is 6. The molecule has 1 aromatic carbocycles. The molecule has 1 N–H and O–H groups in total. The van der Waals surface area contributed by atoms with E-state index in [-0.39, 0.29) is 5.91 Å². The maximum absolute atomic E-state index is 11.9. The van der Waals surface area contributed by atoms with E-state index in [1.807, 2.05) is 18.2 Å². The van der Waals surface area contributed by atoms with Crippen molar-refractivity contribution < 1.29 is 4.79 Å². The summed E-state index contributed by atoms with van der Waals surface area (Å²) in [5.74, 6) is 0.137. The van der Waals surface area contributed by atoms with Gasteiger partial charge in [-0.15, -0.1) is 0 Å². The van der Waals surface area contributed by atoms with Gasteiger partial charge in [0, 0.05) is 6.54 Å². The zero-order valence-corrected chi connectivity index (χ0v) is 12.5. The second kappa shape index (κ2) is 8.05. The molecule has 0 aliphatic carbocycles. The summed E-state index contributed by atoms with van der Waals surface area (Å²) in [5.41, 5.74) is 2.32. The largest absolute Gasteiger partial charge is 0.356 e. The first kappa shape index (κ1) is 15.0. The third-order valence-corrected chi connectivity index (χ3v) is 4.03. The zero-order chi connectivity index (χ0) is 14.2. The van der Waals surface area contributed by atoms with Gasteiger partial charge in [0.05, 0.1) is 6.42 Å². The van der Waals surface area contributed by atoms with E-state index in [1.54, 1.807) is 0 Å². The predicted molar refractivity (Wildman–Crippen MR) is 82.8 cm³/mol. The summed E-state index contributed by atoms with van der Waals surface area (Å²) in [5, 5.41) is 3.03. The van der Waals surface area contributed by atoms with Crippen molar-refractivity contribution in [3.63, 3.8) is 0 Å². The first-order valence-electron chi connectivity index (χ1n) is 7.79. The van der Waals surface area contributed by atoms with Crippen LogP contribution in [0.25, 0.3) is 0 Å². The van der Waals surface area contributed by atoms with E-state index >= 15 is 0 Å². The number of piperidine rings is 1. The summed E-state index contributed by atoms with van der Waals surface area (Å²) in [6.07, 6.45) is 5.60. The van der Waals surface area contributed by atoms with Gasteiger partial charge in [0.2, 0.25) is 5.91 Å². The summed E-state index contributed by atoms with van der Waals surface area (Å²) in [6.45, 7) is 6.43. The third-order valence-electron chi connectivity index (χ3n) is 4.03. The molecule has 1 fully saturated rings. The van der Waals surface area contributed by atoms with Crippen molar-refractivity contribution >= 4 is 5.91 Å². The molecule has 0 radical (unpaired) electrons. The van der Waals surface area contributed by atoms with Gasteiger partial charge in [-0.2, -0.15) is 0 Å². The lowest BCUT2D eigenvalue weighted by atomic mass is 10.1. The van der Waals surface area contributed by atoms with E-state index < -0.39 is 0 Å². The molecule has 1 amide bonds. The molecule has 110 valence electrons. The molecule has 1 aliphatic heterocycles. The Balaban J connectivity index is 1.61. The van der Waals surface area contributed by atoms with Crippen LogP contribution in [0.2, 0.25) is 0 Å². The highest BCUT2D eigenvalue weighted by molar-refractivity contribution is 5.78. The van der Waals surface area contributed by atoms with Crippen LogP contribution in [0.5, 0.6) is 0 Å². The maximum Gasteiger partial charge on any atom is 0.224 e. The van der Waals surface area contributed by atoms with Gasteiger partial charge in [-0.05, 0) is 56.9 Å². The molecule has 1 aromatic rings. The lowest BCUT2D eigenvalue weighted by molar-refractivity contribution is -0.120. The van der Waals surface area contributed by atoms with E-state index in [2.05, 4.69) is 23.2 Å². The summed E-state index contributed by atoms with van der Waals surface area (Å²) in [6, 6.07) is 8.09. The van der Waals surface area contributed by atoms with Crippen LogP contribution in [0.1, 0.15) is 36.8 Å². The van der Waals surface area contributed by atoms with Crippen molar-refractivity contribution in [2.24, 2.45) is 0 Å². The van der Waals surface area contributed by atoms with Crippen molar-refractivity contribution in [2.75, 3.05) is 26.2 Å². The Hall–Kier alpha value is -1.35. The molecule has 0 bridgehead atoms. The molecule has 20 heavy (non-hydrogen) atoms. The Morgan fingerprint density at radius 3 is 2.70 bits per heavy atom. The number of carbonyl (C=O) groups is 1. The minimum atomic E-state index is 0.137. The maximum atomic E-state index is 11.9. The Kier molecular flexibility index (Phi) is 6.06. The summed E-state index contributed by atoms with van der Waals surface area (Å²) in [7, 11) is 0. The average Bonchev–Trinajstić information content (AvgIpc) is 2.47. The van der Waals surface area contributed by atoms with E-state index in [9.17, 15) is 4.79 Å². The standard InChI is InChI=1S/C17H26N2O/c1-15-8-3-4-9-16(15)14-17(20)18-10-7-13-19-11-5-2-6-12-19/h3-4,8-9H,2,5-7,10-14H2,1H3,(H,18,20). The van der Waals surface area contributed by atoms with Gasteiger partial charge in [-0.25, -0.2) is 0 Å². The number of nitrogens with one attached hydrogen (secondary N) is 1. The van der Waals surface area contributed by atoms with Crippen LogP contribution in [-0.2, 0) is 11.2 Å². The van der Waals surface area contributed by atoms with Crippen LogP contribution >= 0.6 is 0 Å². The van der Waals surface area contributed by atoms with E-state index in [1.165, 1.54) is 37.9 Å². The van der Waals surface area contributed by atoms with Crippen molar-refractivity contribution in [1.29, 1.82) is 0 Å². The topological polar surface area (TPSA) is 32.3 Å². The van der Waals surface area contributed by atoms with Crippen LogP contribution < -0.4 is 5.32 Å². The van der Waals surface area contributed by atoms with Crippen molar-refractivity contribution in [1.82, 2.24) is 10.2 Å². The number of nitrogens with zero attached hydrogens (tertiary/aromatic N) is 1. The number of likely N-dealkylation sites (tertiary alicyclic amines) is 1. The number of benzene rings is 1. The lowest BCUT2D eigenvalue weighted by Crippen LogP contribution is -2.33. The van der Waals surface area contributed by atoms with Crippen LogP contribution in [0.4, 0.5) is 0 Å². The Bertz CT molecular complexity index is 425. The van der Waals surface area contributed by atoms with Crippen molar-refractivity contribution in [3.8, 4) is 0 Å². The molecule has 0 aromatic heterocycles. The number of hydrogen-bond acceptors (Lipinski definition) is 2. The van der Waals surface area contributed by atoms with E-state index in [0.29, 0.717) is 6.42 Å². The third kappa shape index (κ3) is 4.97. The first-order valence-corrected chi connectivity index (χ1v) is 7.79. The smallest absolute Gasteiger partial charge is 0.224 e. The number of amides is 1. The molecule has 2 rings (SSSR count). The fourth-order valence-electron chi connectivity index (χ4n) is 2.76. The molecule has 1 aliphatic rings.